The van der Waals surface area contributed by atoms with E-state index < -0.39 is 5.69 Å². The lowest BCUT2D eigenvalue weighted by Gasteiger charge is -2.26. The number of hydrogen-bond donors (Lipinski definition) is 1. The van der Waals surface area contributed by atoms with Crippen molar-refractivity contribution in [2.24, 2.45) is 0 Å². The van der Waals surface area contributed by atoms with E-state index in [-0.39, 0.29) is 18.6 Å². The zero-order valence-corrected chi connectivity index (χ0v) is 14.3. The van der Waals surface area contributed by atoms with Crippen molar-refractivity contribution in [3.63, 3.8) is 0 Å². The number of rotatable bonds is 5. The fraction of sp³-hybridized carbons (Fsp3) is 0.389. The lowest BCUT2D eigenvalue weighted by Crippen LogP contribution is -2.37. The van der Waals surface area contributed by atoms with Crippen LogP contribution >= 0.6 is 0 Å². The normalized spacial score (nSPS) is 15.7. The van der Waals surface area contributed by atoms with Crippen molar-refractivity contribution in [3.05, 3.63) is 52.2 Å². The molecule has 132 valence electrons. The van der Waals surface area contributed by atoms with Gasteiger partial charge in [-0.25, -0.2) is 4.79 Å². The third-order valence-corrected chi connectivity index (χ3v) is 4.00. The Hall–Kier alpha value is -2.83. The van der Waals surface area contributed by atoms with Crippen molar-refractivity contribution in [1.29, 1.82) is 0 Å². The first kappa shape index (κ1) is 17.0. The summed E-state index contributed by atoms with van der Waals surface area (Å²) < 4.78 is 12.8. The van der Waals surface area contributed by atoms with Crippen molar-refractivity contribution < 1.29 is 14.3 Å². The van der Waals surface area contributed by atoms with Gasteiger partial charge in [0.1, 0.15) is 19.3 Å². The highest BCUT2D eigenvalue weighted by Gasteiger charge is 2.20. The number of ether oxygens (including phenoxy) is 2. The van der Waals surface area contributed by atoms with Gasteiger partial charge in [0.25, 0.3) is 0 Å². The van der Waals surface area contributed by atoms with E-state index in [1.807, 2.05) is 24.3 Å². The molecule has 1 atom stereocenters. The molecule has 0 spiro atoms. The number of nitrogens with zero attached hydrogens (tertiary/aromatic N) is 2. The van der Waals surface area contributed by atoms with Crippen LogP contribution in [-0.4, -0.2) is 34.7 Å². The highest BCUT2D eigenvalue weighted by atomic mass is 16.6. The van der Waals surface area contributed by atoms with Gasteiger partial charge in [-0.05, 0) is 32.0 Å². The molecule has 2 heterocycles. The predicted molar refractivity (Wildman–Crippen MR) is 92.0 cm³/mol. The van der Waals surface area contributed by atoms with E-state index in [0.29, 0.717) is 31.0 Å². The van der Waals surface area contributed by atoms with Crippen molar-refractivity contribution >= 4 is 5.91 Å². The molecule has 0 aliphatic carbocycles. The first-order valence-corrected chi connectivity index (χ1v) is 8.23. The molecule has 1 aliphatic rings. The van der Waals surface area contributed by atoms with Gasteiger partial charge in [-0.3, -0.25) is 9.36 Å². The number of amides is 1. The third kappa shape index (κ3) is 4.17. The van der Waals surface area contributed by atoms with E-state index in [1.54, 1.807) is 19.9 Å². The number of carbonyl (C=O) groups excluding carboxylic acids is 1. The lowest BCUT2D eigenvalue weighted by atomic mass is 10.2. The molecule has 1 aliphatic heterocycles. The molecule has 0 radical (unpaired) electrons. The molecular weight excluding hydrogens is 322 g/mol. The second-order valence-electron chi connectivity index (χ2n) is 6.04. The summed E-state index contributed by atoms with van der Waals surface area (Å²) in [6.45, 7) is 4.40. The van der Waals surface area contributed by atoms with Crippen LogP contribution in [0.4, 0.5) is 0 Å². The average Bonchev–Trinajstić information content (AvgIpc) is 2.58. The number of fused-ring (bicyclic) bond motifs is 1. The zero-order chi connectivity index (χ0) is 17.8. The molecule has 2 aromatic rings. The summed E-state index contributed by atoms with van der Waals surface area (Å²) in [4.78, 5) is 27.8. The maximum Gasteiger partial charge on any atom is 0.348 e. The molecule has 7 heteroatoms. The average molecular weight is 343 g/mol. The van der Waals surface area contributed by atoms with Crippen molar-refractivity contribution in [2.75, 3.05) is 13.2 Å². The van der Waals surface area contributed by atoms with Gasteiger partial charge in [-0.2, -0.15) is 4.98 Å². The maximum absolute atomic E-state index is 12.1. The Morgan fingerprint density at radius 1 is 1.32 bits per heavy atom. The van der Waals surface area contributed by atoms with Gasteiger partial charge in [0, 0.05) is 24.4 Å². The first-order valence-electron chi connectivity index (χ1n) is 8.23. The van der Waals surface area contributed by atoms with Crippen molar-refractivity contribution in [2.45, 2.75) is 32.9 Å². The number of para-hydroxylation sites is 2. The second-order valence-corrected chi connectivity index (χ2v) is 6.04. The SMILES string of the molecule is Cc1cc(C)n(CC(=O)NCC[C@@H]2COc3ccccc3O2)c(=O)n1. The van der Waals surface area contributed by atoms with E-state index in [1.165, 1.54) is 4.57 Å². The van der Waals surface area contributed by atoms with Crippen LogP contribution < -0.4 is 20.5 Å². The number of aryl methyl sites for hydroxylation is 2. The monoisotopic (exact) mass is 343 g/mol. The van der Waals surface area contributed by atoms with Crippen LogP contribution in [0.5, 0.6) is 11.5 Å². The van der Waals surface area contributed by atoms with E-state index in [4.69, 9.17) is 9.47 Å². The summed E-state index contributed by atoms with van der Waals surface area (Å²) in [6, 6.07) is 9.29. The topological polar surface area (TPSA) is 82.5 Å². The summed E-state index contributed by atoms with van der Waals surface area (Å²) in [6.07, 6.45) is 0.515. The molecule has 0 bridgehead atoms. The smallest absolute Gasteiger partial charge is 0.348 e. The Morgan fingerprint density at radius 2 is 2.08 bits per heavy atom. The van der Waals surface area contributed by atoms with Gasteiger partial charge < -0.3 is 14.8 Å². The number of carbonyl (C=O) groups is 1. The van der Waals surface area contributed by atoms with Gasteiger partial charge in [0.2, 0.25) is 5.91 Å². The summed E-state index contributed by atoms with van der Waals surface area (Å²) in [5.74, 6) is 1.23. The Labute approximate surface area is 145 Å². The summed E-state index contributed by atoms with van der Waals surface area (Å²) in [5.41, 5.74) is 0.954. The van der Waals surface area contributed by atoms with Gasteiger partial charge in [-0.15, -0.1) is 0 Å². The zero-order valence-electron chi connectivity index (χ0n) is 14.3. The van der Waals surface area contributed by atoms with Gasteiger partial charge in [0.05, 0.1) is 0 Å². The van der Waals surface area contributed by atoms with Crippen LogP contribution in [0.3, 0.4) is 0 Å². The molecule has 0 fully saturated rings. The molecule has 0 unspecified atom stereocenters. The number of aromatic nitrogens is 2. The fourth-order valence-corrected chi connectivity index (χ4v) is 2.74. The summed E-state index contributed by atoms with van der Waals surface area (Å²) >= 11 is 0. The molecule has 1 aromatic carbocycles. The summed E-state index contributed by atoms with van der Waals surface area (Å²) in [7, 11) is 0. The molecule has 0 saturated carbocycles. The standard InChI is InChI=1S/C18H21N3O4/c1-12-9-13(2)21(18(23)20-12)10-17(22)19-8-7-14-11-24-15-5-3-4-6-16(15)25-14/h3-6,9,14H,7-8,10-11H2,1-2H3,(H,19,22)/t14-/m1/s1. The van der Waals surface area contributed by atoms with E-state index >= 15 is 0 Å². The molecule has 7 nitrogen and oxygen atoms in total. The Bertz CT molecular complexity index is 831. The van der Waals surface area contributed by atoms with Gasteiger partial charge in [0.15, 0.2) is 11.5 Å². The van der Waals surface area contributed by atoms with E-state index in [2.05, 4.69) is 10.3 Å². The molecular formula is C18H21N3O4. The van der Waals surface area contributed by atoms with Crippen LogP contribution in [0, 0.1) is 13.8 Å². The van der Waals surface area contributed by atoms with E-state index in [0.717, 1.165) is 11.5 Å². The minimum Gasteiger partial charge on any atom is -0.486 e. The Morgan fingerprint density at radius 3 is 2.84 bits per heavy atom. The quantitative estimate of drug-likeness (QED) is 0.882. The summed E-state index contributed by atoms with van der Waals surface area (Å²) in [5, 5.41) is 2.81. The predicted octanol–water partition coefficient (Wildman–Crippen LogP) is 1.21. The van der Waals surface area contributed by atoms with Crippen LogP contribution in [-0.2, 0) is 11.3 Å². The van der Waals surface area contributed by atoms with Gasteiger partial charge in [-0.1, -0.05) is 12.1 Å². The van der Waals surface area contributed by atoms with Crippen LogP contribution in [0.15, 0.2) is 35.1 Å². The minimum absolute atomic E-state index is 0.0389. The molecule has 0 saturated heterocycles. The molecule has 1 aromatic heterocycles. The van der Waals surface area contributed by atoms with Crippen molar-refractivity contribution in [1.82, 2.24) is 14.9 Å². The molecule has 1 N–H and O–H groups in total. The maximum atomic E-state index is 12.1. The highest BCUT2D eigenvalue weighted by molar-refractivity contribution is 5.75. The van der Waals surface area contributed by atoms with E-state index in [9.17, 15) is 9.59 Å². The lowest BCUT2D eigenvalue weighted by molar-refractivity contribution is -0.121. The Balaban J connectivity index is 1.48. The number of benzene rings is 1. The van der Waals surface area contributed by atoms with Gasteiger partial charge >= 0.3 is 5.69 Å². The molecule has 25 heavy (non-hydrogen) atoms. The molecule has 3 rings (SSSR count). The largest absolute Gasteiger partial charge is 0.486 e. The third-order valence-electron chi connectivity index (χ3n) is 4.00. The van der Waals surface area contributed by atoms with Crippen LogP contribution in [0.1, 0.15) is 17.8 Å². The highest BCUT2D eigenvalue weighted by Crippen LogP contribution is 2.31. The number of hydrogen-bond acceptors (Lipinski definition) is 5. The van der Waals surface area contributed by atoms with Crippen molar-refractivity contribution in [3.8, 4) is 11.5 Å². The Kier molecular flexibility index (Phi) is 5.02. The second kappa shape index (κ2) is 7.38. The van der Waals surface area contributed by atoms with Crippen LogP contribution in [0.2, 0.25) is 0 Å². The fourth-order valence-electron chi connectivity index (χ4n) is 2.74. The molecule has 1 amide bonds. The first-order chi connectivity index (χ1) is 12.0. The minimum atomic E-state index is -0.409. The van der Waals surface area contributed by atoms with Crippen LogP contribution in [0.25, 0.3) is 0 Å². The number of nitrogens with one attached hydrogen (secondary N) is 1.